The molecule has 0 unspecified atom stereocenters. The standard InChI is InChI=1S/C12H14N2O2/c1-9-8-16-12(14-5-3-4-6-14)11(9)7-13-10(2)15/h3-6,8H,7H2,1-2H3,(H,13,15). The quantitative estimate of drug-likeness (QED) is 0.856. The maximum absolute atomic E-state index is 10.9. The van der Waals surface area contributed by atoms with E-state index >= 15 is 0 Å². The molecule has 1 amide bonds. The Balaban J connectivity index is 2.29. The highest BCUT2D eigenvalue weighted by Gasteiger charge is 2.11. The number of hydrogen-bond donors (Lipinski definition) is 1. The van der Waals surface area contributed by atoms with E-state index in [0.29, 0.717) is 6.54 Å². The number of furan rings is 1. The Morgan fingerprint density at radius 2 is 2.12 bits per heavy atom. The van der Waals surface area contributed by atoms with Gasteiger partial charge in [-0.25, -0.2) is 0 Å². The summed E-state index contributed by atoms with van der Waals surface area (Å²) < 4.78 is 7.38. The molecule has 0 saturated heterocycles. The van der Waals surface area contributed by atoms with E-state index in [4.69, 9.17) is 4.42 Å². The number of carbonyl (C=O) groups excluding carboxylic acids is 1. The van der Waals surface area contributed by atoms with Gasteiger partial charge in [-0.1, -0.05) is 0 Å². The molecular weight excluding hydrogens is 204 g/mol. The van der Waals surface area contributed by atoms with Crippen molar-refractivity contribution in [3.8, 4) is 5.88 Å². The van der Waals surface area contributed by atoms with Gasteiger partial charge in [0, 0.05) is 31.4 Å². The van der Waals surface area contributed by atoms with Crippen molar-refractivity contribution in [1.29, 1.82) is 0 Å². The zero-order valence-corrected chi connectivity index (χ0v) is 9.36. The van der Waals surface area contributed by atoms with Crippen LogP contribution in [0.4, 0.5) is 0 Å². The van der Waals surface area contributed by atoms with Gasteiger partial charge in [0.2, 0.25) is 11.8 Å². The van der Waals surface area contributed by atoms with Crippen LogP contribution in [-0.4, -0.2) is 10.5 Å². The lowest BCUT2D eigenvalue weighted by molar-refractivity contribution is -0.119. The molecular formula is C12H14N2O2. The minimum absolute atomic E-state index is 0.0425. The Kier molecular flexibility index (Phi) is 2.81. The minimum atomic E-state index is -0.0425. The van der Waals surface area contributed by atoms with Crippen molar-refractivity contribution in [2.75, 3.05) is 0 Å². The van der Waals surface area contributed by atoms with Crippen molar-refractivity contribution in [2.45, 2.75) is 20.4 Å². The van der Waals surface area contributed by atoms with Crippen molar-refractivity contribution >= 4 is 5.91 Å². The van der Waals surface area contributed by atoms with Crippen LogP contribution < -0.4 is 5.32 Å². The van der Waals surface area contributed by atoms with Crippen molar-refractivity contribution in [1.82, 2.24) is 9.88 Å². The molecule has 0 fully saturated rings. The van der Waals surface area contributed by atoms with E-state index < -0.39 is 0 Å². The van der Waals surface area contributed by atoms with Crippen LogP contribution in [0.3, 0.4) is 0 Å². The van der Waals surface area contributed by atoms with Crippen LogP contribution in [-0.2, 0) is 11.3 Å². The van der Waals surface area contributed by atoms with Gasteiger partial charge in [-0.05, 0) is 24.6 Å². The molecule has 2 aromatic heterocycles. The zero-order valence-electron chi connectivity index (χ0n) is 9.36. The molecule has 0 aliphatic rings. The van der Waals surface area contributed by atoms with E-state index in [0.717, 1.165) is 17.0 Å². The van der Waals surface area contributed by atoms with Gasteiger partial charge >= 0.3 is 0 Å². The maximum atomic E-state index is 10.9. The van der Waals surface area contributed by atoms with E-state index in [1.54, 1.807) is 6.26 Å². The second-order valence-electron chi connectivity index (χ2n) is 3.70. The number of nitrogens with zero attached hydrogens (tertiary/aromatic N) is 1. The molecule has 0 saturated carbocycles. The van der Waals surface area contributed by atoms with Crippen LogP contribution >= 0.6 is 0 Å². The number of aryl methyl sites for hydroxylation is 1. The second kappa shape index (κ2) is 4.26. The lowest BCUT2D eigenvalue weighted by Gasteiger charge is -2.05. The molecule has 4 nitrogen and oxygen atoms in total. The second-order valence-corrected chi connectivity index (χ2v) is 3.70. The average molecular weight is 218 g/mol. The molecule has 0 spiro atoms. The highest BCUT2D eigenvalue weighted by molar-refractivity contribution is 5.73. The molecule has 0 bridgehead atoms. The topological polar surface area (TPSA) is 47.2 Å². The first-order valence-corrected chi connectivity index (χ1v) is 5.13. The number of hydrogen-bond acceptors (Lipinski definition) is 2. The SMILES string of the molecule is CC(=O)NCc1c(C)coc1-n1cccc1. The normalized spacial score (nSPS) is 10.4. The molecule has 0 aliphatic carbocycles. The van der Waals surface area contributed by atoms with Crippen LogP contribution in [0.5, 0.6) is 0 Å². The van der Waals surface area contributed by atoms with Crippen molar-refractivity contribution in [3.05, 3.63) is 41.9 Å². The van der Waals surface area contributed by atoms with E-state index in [2.05, 4.69) is 5.32 Å². The summed E-state index contributed by atoms with van der Waals surface area (Å²) in [5.41, 5.74) is 2.05. The van der Waals surface area contributed by atoms with Crippen molar-refractivity contribution < 1.29 is 9.21 Å². The van der Waals surface area contributed by atoms with Gasteiger partial charge < -0.3 is 9.73 Å². The van der Waals surface area contributed by atoms with Crippen molar-refractivity contribution in [3.63, 3.8) is 0 Å². The maximum Gasteiger partial charge on any atom is 0.217 e. The van der Waals surface area contributed by atoms with Crippen LogP contribution in [0.25, 0.3) is 5.88 Å². The number of amides is 1. The molecule has 16 heavy (non-hydrogen) atoms. The predicted molar refractivity (Wildman–Crippen MR) is 60.3 cm³/mol. The summed E-state index contributed by atoms with van der Waals surface area (Å²) >= 11 is 0. The third-order valence-electron chi connectivity index (χ3n) is 2.43. The Morgan fingerprint density at radius 1 is 1.44 bits per heavy atom. The summed E-state index contributed by atoms with van der Waals surface area (Å²) in [6.07, 6.45) is 5.53. The molecule has 2 rings (SSSR count). The highest BCUT2D eigenvalue weighted by atomic mass is 16.3. The fourth-order valence-corrected chi connectivity index (χ4v) is 1.57. The highest BCUT2D eigenvalue weighted by Crippen LogP contribution is 2.20. The molecule has 84 valence electrons. The van der Waals surface area contributed by atoms with Crippen LogP contribution in [0.15, 0.2) is 35.2 Å². The summed E-state index contributed by atoms with van der Waals surface area (Å²) in [6, 6.07) is 3.86. The van der Waals surface area contributed by atoms with Crippen molar-refractivity contribution in [2.24, 2.45) is 0 Å². The van der Waals surface area contributed by atoms with Gasteiger partial charge in [-0.2, -0.15) is 0 Å². The molecule has 0 aliphatic heterocycles. The van der Waals surface area contributed by atoms with Gasteiger partial charge in [0.05, 0.1) is 6.26 Å². The lowest BCUT2D eigenvalue weighted by Crippen LogP contribution is -2.19. The van der Waals surface area contributed by atoms with Gasteiger partial charge in [0.15, 0.2) is 0 Å². The molecule has 2 aromatic rings. The Morgan fingerprint density at radius 3 is 2.75 bits per heavy atom. The van der Waals surface area contributed by atoms with Crippen LogP contribution in [0.1, 0.15) is 18.1 Å². The fourth-order valence-electron chi connectivity index (χ4n) is 1.57. The molecule has 0 atom stereocenters. The van der Waals surface area contributed by atoms with Gasteiger partial charge in [-0.15, -0.1) is 0 Å². The Bertz CT molecular complexity index is 483. The van der Waals surface area contributed by atoms with Gasteiger partial charge in [0.1, 0.15) is 0 Å². The van der Waals surface area contributed by atoms with Crippen LogP contribution in [0.2, 0.25) is 0 Å². The molecule has 1 N–H and O–H groups in total. The molecule has 0 aromatic carbocycles. The Labute approximate surface area is 93.9 Å². The third kappa shape index (κ3) is 2.00. The average Bonchev–Trinajstić information content (AvgIpc) is 2.83. The van der Waals surface area contributed by atoms with E-state index in [1.807, 2.05) is 36.0 Å². The summed E-state index contributed by atoms with van der Waals surface area (Å²) in [5.74, 6) is 0.718. The number of rotatable bonds is 3. The largest absolute Gasteiger partial charge is 0.447 e. The Hall–Kier alpha value is -1.97. The van der Waals surface area contributed by atoms with E-state index in [-0.39, 0.29) is 5.91 Å². The molecule has 0 radical (unpaired) electrons. The third-order valence-corrected chi connectivity index (χ3v) is 2.43. The minimum Gasteiger partial charge on any atom is -0.447 e. The van der Waals surface area contributed by atoms with Gasteiger partial charge in [-0.3, -0.25) is 9.36 Å². The summed E-state index contributed by atoms with van der Waals surface area (Å²) in [7, 11) is 0. The first-order valence-electron chi connectivity index (χ1n) is 5.13. The number of carbonyl (C=O) groups is 1. The van der Waals surface area contributed by atoms with E-state index in [9.17, 15) is 4.79 Å². The number of nitrogens with one attached hydrogen (secondary N) is 1. The monoisotopic (exact) mass is 218 g/mol. The predicted octanol–water partition coefficient (Wildman–Crippen LogP) is 2.01. The molecule has 4 heteroatoms. The first-order chi connectivity index (χ1) is 7.68. The van der Waals surface area contributed by atoms with Crippen LogP contribution in [0, 0.1) is 6.92 Å². The van der Waals surface area contributed by atoms with E-state index in [1.165, 1.54) is 6.92 Å². The smallest absolute Gasteiger partial charge is 0.217 e. The molecule has 2 heterocycles. The zero-order chi connectivity index (χ0) is 11.5. The summed E-state index contributed by atoms with van der Waals surface area (Å²) in [5, 5.41) is 2.78. The summed E-state index contributed by atoms with van der Waals surface area (Å²) in [6.45, 7) is 3.96. The summed E-state index contributed by atoms with van der Waals surface area (Å²) in [4.78, 5) is 10.9. The number of aromatic nitrogens is 1. The lowest BCUT2D eigenvalue weighted by atomic mass is 10.2. The fraction of sp³-hybridized carbons (Fsp3) is 0.250. The van der Waals surface area contributed by atoms with Gasteiger partial charge in [0.25, 0.3) is 0 Å². The first kappa shape index (κ1) is 10.5.